The molecular weight excluding hydrogens is 357 g/mol. The van der Waals surface area contributed by atoms with Crippen LogP contribution in [0.2, 0.25) is 0 Å². The molecule has 142 valence electrons. The minimum Gasteiger partial charge on any atom is -0.352 e. The summed E-state index contributed by atoms with van der Waals surface area (Å²) in [4.78, 5) is 12.4. The number of rotatable bonds is 6. The smallest absolute Gasteiger partial charge is 0.352 e. The molecule has 0 saturated carbocycles. The fourth-order valence-corrected chi connectivity index (χ4v) is 3.31. The normalized spacial score (nSPS) is 14.9. The van der Waals surface area contributed by atoms with Crippen LogP contribution in [0.15, 0.2) is 24.3 Å². The van der Waals surface area contributed by atoms with Crippen molar-refractivity contribution in [2.24, 2.45) is 5.92 Å². The number of benzene rings is 1. The van der Waals surface area contributed by atoms with Crippen molar-refractivity contribution in [3.63, 3.8) is 0 Å². The number of nitrogens with one attached hydrogen (secondary N) is 1. The molecule has 0 aliphatic carbocycles. The quantitative estimate of drug-likeness (QED) is 0.825. The summed E-state index contributed by atoms with van der Waals surface area (Å²) in [6.45, 7) is 6.88. The Morgan fingerprint density at radius 2 is 1.72 bits per heavy atom. The first-order chi connectivity index (χ1) is 11.2. The van der Waals surface area contributed by atoms with Gasteiger partial charge >= 0.3 is 6.18 Å². The molecule has 1 aromatic rings. The number of hydrogen-bond acceptors (Lipinski definition) is 3. The summed E-state index contributed by atoms with van der Waals surface area (Å²) in [7, 11) is -3.98. The van der Waals surface area contributed by atoms with E-state index in [1.165, 1.54) is 13.0 Å². The molecule has 1 amide bonds. The highest BCUT2D eigenvalue weighted by Gasteiger charge is 2.34. The fourth-order valence-electron chi connectivity index (χ4n) is 2.14. The number of alkyl halides is 3. The van der Waals surface area contributed by atoms with E-state index in [4.69, 9.17) is 0 Å². The van der Waals surface area contributed by atoms with Crippen LogP contribution in [0.25, 0.3) is 0 Å². The van der Waals surface area contributed by atoms with E-state index >= 15 is 0 Å². The summed E-state index contributed by atoms with van der Waals surface area (Å²) < 4.78 is 63.6. The number of nitrogens with zero attached hydrogens (tertiary/aromatic N) is 1. The molecule has 0 aliphatic rings. The number of hydrogen-bond donors (Lipinski definition) is 1. The monoisotopic (exact) mass is 380 g/mol. The highest BCUT2D eigenvalue weighted by molar-refractivity contribution is 7.92. The van der Waals surface area contributed by atoms with E-state index in [0.717, 1.165) is 24.5 Å². The molecule has 0 spiro atoms. The minimum absolute atomic E-state index is 0.122. The number of carbonyl (C=O) groups is 1. The van der Waals surface area contributed by atoms with Crippen molar-refractivity contribution in [2.45, 2.75) is 46.0 Å². The summed E-state index contributed by atoms with van der Waals surface area (Å²) in [6, 6.07) is 2.49. The zero-order valence-corrected chi connectivity index (χ0v) is 15.6. The molecule has 1 rings (SSSR count). The highest BCUT2D eigenvalue weighted by atomic mass is 32.2. The maximum Gasteiger partial charge on any atom is 0.416 e. The molecule has 2 atom stereocenters. The topological polar surface area (TPSA) is 66.5 Å². The van der Waals surface area contributed by atoms with Crippen LogP contribution in [0.1, 0.15) is 33.3 Å². The first-order valence-corrected chi connectivity index (χ1v) is 9.57. The SMILES string of the molecule is CC(C)[C@@H](C)NC(=O)[C@H](C)N(c1cccc(C(F)(F)F)c1)S(C)(=O)=O. The van der Waals surface area contributed by atoms with Gasteiger partial charge in [-0.3, -0.25) is 9.10 Å². The third-order valence-corrected chi connectivity index (χ3v) is 5.13. The summed E-state index contributed by atoms with van der Waals surface area (Å²) >= 11 is 0. The molecule has 0 fully saturated rings. The van der Waals surface area contributed by atoms with Crippen LogP contribution in [0.5, 0.6) is 0 Å². The summed E-state index contributed by atoms with van der Waals surface area (Å²) in [6.07, 6.45) is -3.76. The van der Waals surface area contributed by atoms with Gasteiger partial charge in [-0.25, -0.2) is 8.42 Å². The molecular formula is C16H23F3N2O3S. The predicted octanol–water partition coefficient (Wildman–Crippen LogP) is 3.02. The van der Waals surface area contributed by atoms with Crippen molar-refractivity contribution >= 4 is 21.6 Å². The number of anilines is 1. The Morgan fingerprint density at radius 1 is 1.16 bits per heavy atom. The number of amides is 1. The van der Waals surface area contributed by atoms with Gasteiger partial charge in [-0.05, 0) is 38.0 Å². The van der Waals surface area contributed by atoms with E-state index in [0.29, 0.717) is 4.31 Å². The van der Waals surface area contributed by atoms with Crippen LogP contribution in [-0.2, 0) is 21.0 Å². The second-order valence-corrected chi connectivity index (χ2v) is 8.18. The van der Waals surface area contributed by atoms with Gasteiger partial charge < -0.3 is 5.32 Å². The fraction of sp³-hybridized carbons (Fsp3) is 0.562. The molecule has 5 nitrogen and oxygen atoms in total. The third kappa shape index (κ3) is 5.62. The van der Waals surface area contributed by atoms with Gasteiger partial charge in [0.05, 0.1) is 17.5 Å². The first kappa shape index (κ1) is 21.3. The largest absolute Gasteiger partial charge is 0.416 e. The van der Waals surface area contributed by atoms with E-state index in [9.17, 15) is 26.4 Å². The van der Waals surface area contributed by atoms with E-state index in [-0.39, 0.29) is 17.6 Å². The predicted molar refractivity (Wildman–Crippen MR) is 90.7 cm³/mol. The number of halogens is 3. The van der Waals surface area contributed by atoms with Crippen molar-refractivity contribution in [1.82, 2.24) is 5.32 Å². The maximum absolute atomic E-state index is 12.9. The lowest BCUT2D eigenvalue weighted by Crippen LogP contribution is -2.50. The molecule has 0 aromatic heterocycles. The lowest BCUT2D eigenvalue weighted by molar-refractivity contribution is -0.137. The Kier molecular flexibility index (Phi) is 6.50. The Bertz CT molecular complexity index is 718. The molecule has 0 heterocycles. The molecule has 0 saturated heterocycles. The zero-order valence-electron chi connectivity index (χ0n) is 14.8. The molecule has 25 heavy (non-hydrogen) atoms. The minimum atomic E-state index is -4.61. The highest BCUT2D eigenvalue weighted by Crippen LogP contribution is 2.32. The molecule has 1 aromatic carbocycles. The lowest BCUT2D eigenvalue weighted by atomic mass is 10.1. The molecule has 0 bridgehead atoms. The third-order valence-electron chi connectivity index (χ3n) is 3.89. The van der Waals surface area contributed by atoms with Gasteiger partial charge in [0, 0.05) is 6.04 Å². The summed E-state index contributed by atoms with van der Waals surface area (Å²) in [5, 5.41) is 2.68. The molecule has 1 N–H and O–H groups in total. The van der Waals surface area contributed by atoms with Gasteiger partial charge in [-0.1, -0.05) is 19.9 Å². The Balaban J connectivity index is 3.26. The van der Waals surface area contributed by atoms with E-state index in [2.05, 4.69) is 5.32 Å². The Labute approximate surface area is 146 Å². The van der Waals surface area contributed by atoms with Crippen molar-refractivity contribution in [2.75, 3.05) is 10.6 Å². The van der Waals surface area contributed by atoms with Crippen LogP contribution in [-0.4, -0.2) is 32.7 Å². The van der Waals surface area contributed by atoms with Crippen molar-refractivity contribution < 1.29 is 26.4 Å². The van der Waals surface area contributed by atoms with E-state index < -0.39 is 33.7 Å². The van der Waals surface area contributed by atoms with Crippen LogP contribution < -0.4 is 9.62 Å². The van der Waals surface area contributed by atoms with Crippen LogP contribution in [0.4, 0.5) is 18.9 Å². The van der Waals surface area contributed by atoms with Gasteiger partial charge in [-0.2, -0.15) is 13.2 Å². The Morgan fingerprint density at radius 3 is 2.16 bits per heavy atom. The molecule has 0 aliphatic heterocycles. The van der Waals surface area contributed by atoms with Gasteiger partial charge in [0.2, 0.25) is 15.9 Å². The number of carbonyl (C=O) groups excluding carboxylic acids is 1. The van der Waals surface area contributed by atoms with Gasteiger partial charge in [0.1, 0.15) is 6.04 Å². The maximum atomic E-state index is 12.9. The molecule has 0 radical (unpaired) electrons. The summed E-state index contributed by atoms with van der Waals surface area (Å²) in [5.74, 6) is -0.458. The van der Waals surface area contributed by atoms with Gasteiger partial charge in [0.25, 0.3) is 0 Å². The second-order valence-electron chi connectivity index (χ2n) is 6.32. The molecule has 0 unspecified atom stereocenters. The average Bonchev–Trinajstić information content (AvgIpc) is 2.45. The van der Waals surface area contributed by atoms with Crippen LogP contribution in [0.3, 0.4) is 0 Å². The van der Waals surface area contributed by atoms with Crippen LogP contribution in [0, 0.1) is 5.92 Å². The van der Waals surface area contributed by atoms with Gasteiger partial charge in [0.15, 0.2) is 0 Å². The van der Waals surface area contributed by atoms with Crippen molar-refractivity contribution in [1.29, 1.82) is 0 Å². The zero-order chi connectivity index (χ0) is 19.6. The summed E-state index contributed by atoms with van der Waals surface area (Å²) in [5.41, 5.74) is -1.20. The first-order valence-electron chi connectivity index (χ1n) is 7.72. The van der Waals surface area contributed by atoms with Crippen LogP contribution >= 0.6 is 0 Å². The molecule has 9 heteroatoms. The second kappa shape index (κ2) is 7.63. The number of sulfonamides is 1. The van der Waals surface area contributed by atoms with Crippen molar-refractivity contribution in [3.8, 4) is 0 Å². The van der Waals surface area contributed by atoms with E-state index in [1.807, 2.05) is 13.8 Å². The van der Waals surface area contributed by atoms with Crippen molar-refractivity contribution in [3.05, 3.63) is 29.8 Å². The standard InChI is InChI=1S/C16H23F3N2O3S/c1-10(2)11(3)20-15(22)12(4)21(25(5,23)24)14-8-6-7-13(9-14)16(17,18)19/h6-12H,1-5H3,(H,20,22)/t11-,12+/m1/s1. The average molecular weight is 380 g/mol. The van der Waals surface area contributed by atoms with Gasteiger partial charge in [-0.15, -0.1) is 0 Å². The lowest BCUT2D eigenvalue weighted by Gasteiger charge is -2.30. The van der Waals surface area contributed by atoms with E-state index in [1.54, 1.807) is 6.92 Å². The Hall–Kier alpha value is -1.77.